The Labute approximate surface area is 107 Å². The van der Waals surface area contributed by atoms with Crippen LogP contribution in [0.3, 0.4) is 0 Å². The highest BCUT2D eigenvalue weighted by atomic mass is 32.3. The highest BCUT2D eigenvalue weighted by Crippen LogP contribution is 2.13. The molecule has 0 heterocycles. The lowest BCUT2D eigenvalue weighted by atomic mass is 10.1. The molecule has 0 aliphatic heterocycles. The number of hydrogen-bond acceptors (Lipinski definition) is 5. The van der Waals surface area contributed by atoms with Crippen molar-refractivity contribution in [2.45, 2.75) is 6.04 Å². The molecule has 0 bridgehead atoms. The van der Waals surface area contributed by atoms with Gasteiger partial charge in [-0.2, -0.15) is 0 Å². The zero-order valence-corrected chi connectivity index (χ0v) is 11.4. The SMILES string of the molecule is CS(=O)(=O)CS(=O)(=O)N[C@H](CO)c1ccccc1. The number of sulfonamides is 1. The second kappa shape index (κ2) is 5.79. The average Bonchev–Trinajstić information content (AvgIpc) is 2.24. The van der Waals surface area contributed by atoms with Crippen LogP contribution in [0.25, 0.3) is 0 Å². The molecule has 0 spiro atoms. The highest BCUT2D eigenvalue weighted by Gasteiger charge is 2.22. The second-order valence-electron chi connectivity index (χ2n) is 3.92. The van der Waals surface area contributed by atoms with Crippen LogP contribution < -0.4 is 4.72 Å². The molecule has 6 nitrogen and oxygen atoms in total. The first-order valence-electron chi connectivity index (χ1n) is 5.07. The maximum atomic E-state index is 11.6. The summed E-state index contributed by atoms with van der Waals surface area (Å²) < 4.78 is 47.3. The van der Waals surface area contributed by atoms with Crippen molar-refractivity contribution in [2.24, 2.45) is 0 Å². The van der Waals surface area contributed by atoms with Gasteiger partial charge >= 0.3 is 0 Å². The van der Waals surface area contributed by atoms with Crippen LogP contribution in [0, 0.1) is 0 Å². The molecule has 0 fully saturated rings. The number of sulfone groups is 1. The van der Waals surface area contributed by atoms with E-state index >= 15 is 0 Å². The van der Waals surface area contributed by atoms with Crippen molar-refractivity contribution in [3.63, 3.8) is 0 Å². The fraction of sp³-hybridized carbons (Fsp3) is 0.400. The van der Waals surface area contributed by atoms with Gasteiger partial charge in [-0.15, -0.1) is 0 Å². The first kappa shape index (κ1) is 15.1. The summed E-state index contributed by atoms with van der Waals surface area (Å²) in [5, 5.41) is 8.17. The largest absolute Gasteiger partial charge is 0.394 e. The van der Waals surface area contributed by atoms with Crippen LogP contribution in [0.1, 0.15) is 11.6 Å². The maximum absolute atomic E-state index is 11.6. The predicted molar refractivity (Wildman–Crippen MR) is 68.0 cm³/mol. The van der Waals surface area contributed by atoms with Crippen molar-refractivity contribution in [1.82, 2.24) is 4.72 Å². The van der Waals surface area contributed by atoms with Crippen molar-refractivity contribution < 1.29 is 21.9 Å². The number of hydrogen-bond donors (Lipinski definition) is 2. The fourth-order valence-electron chi connectivity index (χ4n) is 1.43. The van der Waals surface area contributed by atoms with Crippen LogP contribution in [-0.4, -0.2) is 39.9 Å². The molecule has 0 aliphatic rings. The first-order valence-corrected chi connectivity index (χ1v) is 8.78. The summed E-state index contributed by atoms with van der Waals surface area (Å²) in [6, 6.07) is 7.58. The van der Waals surface area contributed by atoms with Gasteiger partial charge in [-0.1, -0.05) is 30.3 Å². The summed E-state index contributed by atoms with van der Waals surface area (Å²) in [6.45, 7) is -0.451. The molecule has 8 heteroatoms. The minimum atomic E-state index is -4.00. The lowest BCUT2D eigenvalue weighted by Gasteiger charge is -2.16. The summed E-state index contributed by atoms with van der Waals surface area (Å²) in [6.07, 6.45) is 0.836. The third-order valence-corrected chi connectivity index (χ3v) is 5.67. The van der Waals surface area contributed by atoms with E-state index in [1.165, 1.54) is 0 Å². The molecular formula is C10H15NO5S2. The van der Waals surface area contributed by atoms with Gasteiger partial charge in [0.25, 0.3) is 0 Å². The van der Waals surface area contributed by atoms with Gasteiger partial charge in [0.15, 0.2) is 14.9 Å². The van der Waals surface area contributed by atoms with Crippen LogP contribution >= 0.6 is 0 Å². The Morgan fingerprint density at radius 2 is 1.72 bits per heavy atom. The first-order chi connectivity index (χ1) is 8.23. The number of nitrogens with one attached hydrogen (secondary N) is 1. The fourth-order valence-corrected chi connectivity index (χ4v) is 4.60. The van der Waals surface area contributed by atoms with Crippen molar-refractivity contribution in [3.8, 4) is 0 Å². The van der Waals surface area contributed by atoms with Gasteiger partial charge in [0.1, 0.15) is 0 Å². The second-order valence-corrected chi connectivity index (χ2v) is 8.18. The monoisotopic (exact) mass is 293 g/mol. The lowest BCUT2D eigenvalue weighted by molar-refractivity contribution is 0.259. The van der Waals surface area contributed by atoms with E-state index in [0.29, 0.717) is 5.56 Å². The van der Waals surface area contributed by atoms with Crippen molar-refractivity contribution in [3.05, 3.63) is 35.9 Å². The van der Waals surface area contributed by atoms with Crippen LogP contribution in [0.2, 0.25) is 0 Å². The van der Waals surface area contributed by atoms with E-state index in [1.54, 1.807) is 30.3 Å². The van der Waals surface area contributed by atoms with Crippen LogP contribution in [0.15, 0.2) is 30.3 Å². The van der Waals surface area contributed by atoms with E-state index in [-0.39, 0.29) is 0 Å². The molecule has 0 amide bonds. The van der Waals surface area contributed by atoms with Gasteiger partial charge in [0, 0.05) is 6.26 Å². The molecule has 18 heavy (non-hydrogen) atoms. The number of benzene rings is 1. The van der Waals surface area contributed by atoms with Gasteiger partial charge in [-0.05, 0) is 5.56 Å². The number of aliphatic hydroxyl groups excluding tert-OH is 1. The molecule has 1 aromatic carbocycles. The van der Waals surface area contributed by atoms with E-state index in [9.17, 15) is 16.8 Å². The maximum Gasteiger partial charge on any atom is 0.226 e. The molecule has 0 saturated heterocycles. The van der Waals surface area contributed by atoms with Gasteiger partial charge in [0.2, 0.25) is 10.0 Å². The third-order valence-electron chi connectivity index (χ3n) is 2.08. The van der Waals surface area contributed by atoms with Gasteiger partial charge in [0.05, 0.1) is 12.6 Å². The standard InChI is InChI=1S/C10H15NO5S2/c1-17(13,14)8-18(15,16)11-10(7-12)9-5-3-2-4-6-9/h2-6,10-12H,7-8H2,1H3/t10-/m1/s1. The summed E-state index contributed by atoms with van der Waals surface area (Å²) in [4.78, 5) is 0. The number of rotatable bonds is 6. The summed E-state index contributed by atoms with van der Waals surface area (Å²) in [7, 11) is -7.65. The molecule has 2 N–H and O–H groups in total. The molecule has 0 aromatic heterocycles. The number of aliphatic hydroxyl groups is 1. The molecule has 1 aromatic rings. The van der Waals surface area contributed by atoms with E-state index in [2.05, 4.69) is 4.72 Å². The molecular weight excluding hydrogens is 278 g/mol. The van der Waals surface area contributed by atoms with Crippen molar-refractivity contribution >= 4 is 19.9 Å². The third kappa shape index (κ3) is 5.13. The molecule has 0 unspecified atom stereocenters. The Kier molecular flexibility index (Phi) is 4.85. The Morgan fingerprint density at radius 3 is 2.17 bits per heavy atom. The normalized spacial score (nSPS) is 14.3. The predicted octanol–water partition coefficient (Wildman–Crippen LogP) is -0.358. The zero-order chi connectivity index (χ0) is 13.8. The summed E-state index contributed by atoms with van der Waals surface area (Å²) >= 11 is 0. The lowest BCUT2D eigenvalue weighted by Crippen LogP contribution is -2.34. The quantitative estimate of drug-likeness (QED) is 0.746. The van der Waals surface area contributed by atoms with E-state index < -0.39 is 37.6 Å². The Hall–Kier alpha value is -0.960. The molecule has 0 radical (unpaired) electrons. The Morgan fingerprint density at radius 1 is 1.17 bits per heavy atom. The van der Waals surface area contributed by atoms with Crippen LogP contribution in [0.4, 0.5) is 0 Å². The summed E-state index contributed by atoms with van der Waals surface area (Å²) in [5.41, 5.74) is 0.567. The Balaban J connectivity index is 2.88. The van der Waals surface area contributed by atoms with Crippen molar-refractivity contribution in [1.29, 1.82) is 0 Å². The molecule has 0 saturated carbocycles. The zero-order valence-electron chi connectivity index (χ0n) is 9.78. The topological polar surface area (TPSA) is 101 Å². The van der Waals surface area contributed by atoms with E-state index in [4.69, 9.17) is 5.11 Å². The van der Waals surface area contributed by atoms with Gasteiger partial charge < -0.3 is 5.11 Å². The molecule has 0 aliphatic carbocycles. The van der Waals surface area contributed by atoms with Crippen LogP contribution in [0.5, 0.6) is 0 Å². The molecule has 1 atom stereocenters. The average molecular weight is 293 g/mol. The highest BCUT2D eigenvalue weighted by molar-refractivity contribution is 8.06. The van der Waals surface area contributed by atoms with Crippen molar-refractivity contribution in [2.75, 3.05) is 17.9 Å². The molecule has 102 valence electrons. The van der Waals surface area contributed by atoms with Crippen LogP contribution in [-0.2, 0) is 19.9 Å². The smallest absolute Gasteiger partial charge is 0.226 e. The minimum Gasteiger partial charge on any atom is -0.394 e. The Bertz CT molecular complexity index is 580. The van der Waals surface area contributed by atoms with E-state index in [0.717, 1.165) is 6.26 Å². The minimum absolute atomic E-state index is 0.451. The summed E-state index contributed by atoms with van der Waals surface area (Å²) in [5.74, 6) is 0. The van der Waals surface area contributed by atoms with E-state index in [1.807, 2.05) is 0 Å². The molecule has 1 rings (SSSR count). The van der Waals surface area contributed by atoms with Gasteiger partial charge in [-0.25, -0.2) is 21.6 Å². The van der Waals surface area contributed by atoms with Gasteiger partial charge in [-0.3, -0.25) is 0 Å².